The average Bonchev–Trinajstić information content (AvgIpc) is 2.97. The molecule has 2 fully saturated rings. The first-order valence-electron chi connectivity index (χ1n) is 8.83. The third kappa shape index (κ3) is 5.78. The summed E-state index contributed by atoms with van der Waals surface area (Å²) in [6.45, 7) is 1.65. The van der Waals surface area contributed by atoms with Crippen molar-refractivity contribution in [1.82, 2.24) is 15.6 Å². The summed E-state index contributed by atoms with van der Waals surface area (Å²) in [6, 6.07) is 0.878. The topological polar surface area (TPSA) is 138 Å². The normalized spacial score (nSPS) is 20.1. The molecule has 0 radical (unpaired) electrons. The van der Waals surface area contributed by atoms with E-state index in [4.69, 9.17) is 14.6 Å². The fraction of sp³-hybridized carbons (Fsp3) is 0.529. The number of H-pyrrole nitrogens is 1. The van der Waals surface area contributed by atoms with Crippen LogP contribution in [-0.4, -0.2) is 59.9 Å². The smallest absolute Gasteiger partial charge is 0.475 e. The van der Waals surface area contributed by atoms with Crippen LogP contribution in [0.25, 0.3) is 0 Å². The van der Waals surface area contributed by atoms with Crippen molar-refractivity contribution >= 4 is 17.8 Å². The van der Waals surface area contributed by atoms with Crippen molar-refractivity contribution in [2.45, 2.75) is 31.5 Å². The van der Waals surface area contributed by atoms with Gasteiger partial charge in [0.05, 0.1) is 12.0 Å². The maximum atomic E-state index is 13.1. The van der Waals surface area contributed by atoms with Gasteiger partial charge in [0, 0.05) is 12.6 Å². The molecule has 1 aromatic rings. The Bertz CT molecular complexity index is 864. The molecule has 13 heteroatoms. The van der Waals surface area contributed by atoms with E-state index >= 15 is 0 Å². The second-order valence-electron chi connectivity index (χ2n) is 6.84. The summed E-state index contributed by atoms with van der Waals surface area (Å²) in [5.41, 5.74) is -1.43. The lowest BCUT2D eigenvalue weighted by Gasteiger charge is -2.29. The number of esters is 1. The third-order valence-electron chi connectivity index (χ3n) is 4.73. The van der Waals surface area contributed by atoms with E-state index in [-0.39, 0.29) is 18.1 Å². The zero-order valence-electron chi connectivity index (χ0n) is 15.5. The summed E-state index contributed by atoms with van der Waals surface area (Å²) in [4.78, 5) is 46.7. The highest BCUT2D eigenvalue weighted by Crippen LogP contribution is 2.41. The molecule has 1 spiro atoms. The molecule has 0 aliphatic carbocycles. The Labute approximate surface area is 166 Å². The summed E-state index contributed by atoms with van der Waals surface area (Å²) < 4.78 is 50.2. The molecule has 1 unspecified atom stereocenters. The van der Waals surface area contributed by atoms with Crippen LogP contribution in [0.3, 0.4) is 0 Å². The second kappa shape index (κ2) is 9.24. The van der Waals surface area contributed by atoms with E-state index in [1.165, 1.54) is 0 Å². The minimum Gasteiger partial charge on any atom is -0.475 e. The number of carbonyl (C=O) groups is 3. The van der Waals surface area contributed by atoms with Gasteiger partial charge >= 0.3 is 18.1 Å². The third-order valence-corrected chi connectivity index (χ3v) is 4.73. The highest BCUT2D eigenvalue weighted by Gasteiger charge is 2.49. The van der Waals surface area contributed by atoms with Crippen molar-refractivity contribution in [2.75, 3.05) is 19.6 Å². The van der Waals surface area contributed by atoms with Crippen LogP contribution < -0.4 is 16.2 Å². The van der Waals surface area contributed by atoms with E-state index in [0.29, 0.717) is 6.42 Å². The summed E-state index contributed by atoms with van der Waals surface area (Å²) in [7, 11) is 0. The summed E-state index contributed by atoms with van der Waals surface area (Å²) in [5.74, 6) is -4.36. The van der Waals surface area contributed by atoms with Crippen LogP contribution in [0.4, 0.5) is 17.6 Å². The van der Waals surface area contributed by atoms with Crippen LogP contribution in [0.2, 0.25) is 0 Å². The van der Waals surface area contributed by atoms with Crippen LogP contribution in [0.1, 0.15) is 29.6 Å². The number of aliphatic carboxylic acids is 1. The molecule has 2 aliphatic rings. The molecule has 9 nitrogen and oxygen atoms in total. The first-order chi connectivity index (χ1) is 13.9. The highest BCUT2D eigenvalue weighted by molar-refractivity contribution is 5.93. The van der Waals surface area contributed by atoms with Crippen molar-refractivity contribution in [3.8, 4) is 0 Å². The van der Waals surface area contributed by atoms with Crippen LogP contribution >= 0.6 is 0 Å². The number of ether oxygens (including phenoxy) is 1. The van der Waals surface area contributed by atoms with Gasteiger partial charge in [-0.15, -0.1) is 0 Å². The molecular formula is C17H19F4N3O6. The predicted molar refractivity (Wildman–Crippen MR) is 92.1 cm³/mol. The largest absolute Gasteiger partial charge is 0.490 e. The van der Waals surface area contributed by atoms with Gasteiger partial charge in [-0.05, 0) is 32.0 Å². The second-order valence-corrected chi connectivity index (χ2v) is 6.84. The van der Waals surface area contributed by atoms with Crippen molar-refractivity contribution in [1.29, 1.82) is 0 Å². The summed E-state index contributed by atoms with van der Waals surface area (Å²) in [5, 5.41) is 12.9. The lowest BCUT2D eigenvalue weighted by Crippen LogP contribution is -2.40. The van der Waals surface area contributed by atoms with Crippen molar-refractivity contribution in [3.63, 3.8) is 0 Å². The Morgan fingerprint density at radius 2 is 1.87 bits per heavy atom. The predicted octanol–water partition coefficient (Wildman–Crippen LogP) is 0.562. The van der Waals surface area contributed by atoms with Crippen LogP contribution in [-0.2, 0) is 14.3 Å². The Kier molecular flexibility index (Phi) is 7.18. The van der Waals surface area contributed by atoms with E-state index in [1.54, 1.807) is 0 Å². The van der Waals surface area contributed by atoms with Gasteiger partial charge < -0.3 is 25.5 Å². The van der Waals surface area contributed by atoms with Gasteiger partial charge in [0.25, 0.3) is 11.5 Å². The van der Waals surface area contributed by atoms with Gasteiger partial charge in [0.2, 0.25) is 0 Å². The van der Waals surface area contributed by atoms with Crippen molar-refractivity contribution in [3.05, 3.63) is 34.0 Å². The maximum Gasteiger partial charge on any atom is 0.490 e. The van der Waals surface area contributed by atoms with Gasteiger partial charge in [0.15, 0.2) is 0 Å². The minimum absolute atomic E-state index is 0.107. The molecule has 2 saturated heterocycles. The van der Waals surface area contributed by atoms with E-state index in [2.05, 4.69) is 15.6 Å². The number of carboxylic acids is 1. The Hall–Kier alpha value is -2.96. The molecule has 3 heterocycles. The van der Waals surface area contributed by atoms with Crippen LogP contribution in [0, 0.1) is 11.2 Å². The SMILES string of the molecule is O=C(NCC1CC2(CCNCC2)C(=O)O1)c1cc(F)c[nH]c1=O.O=C(O)C(F)(F)F. The van der Waals surface area contributed by atoms with Gasteiger partial charge in [-0.1, -0.05) is 0 Å². The molecule has 0 saturated carbocycles. The zero-order chi connectivity index (χ0) is 22.5. The Morgan fingerprint density at radius 3 is 2.43 bits per heavy atom. The van der Waals surface area contributed by atoms with E-state index in [0.717, 1.165) is 38.2 Å². The van der Waals surface area contributed by atoms with Gasteiger partial charge in [0.1, 0.15) is 17.5 Å². The summed E-state index contributed by atoms with van der Waals surface area (Å²) >= 11 is 0. The van der Waals surface area contributed by atoms with Crippen molar-refractivity contribution in [2.24, 2.45) is 5.41 Å². The van der Waals surface area contributed by atoms with Crippen LogP contribution in [0.5, 0.6) is 0 Å². The molecular weight excluding hydrogens is 418 g/mol. The van der Waals surface area contributed by atoms with Crippen molar-refractivity contribution < 1.29 is 41.8 Å². The number of hydrogen-bond acceptors (Lipinski definition) is 6. The lowest BCUT2D eigenvalue weighted by atomic mass is 9.76. The molecule has 0 bridgehead atoms. The number of alkyl halides is 3. The van der Waals surface area contributed by atoms with Crippen LogP contribution in [0.15, 0.2) is 17.1 Å². The molecule has 2 aliphatic heterocycles. The lowest BCUT2D eigenvalue weighted by molar-refractivity contribution is -0.192. The first kappa shape index (κ1) is 23.3. The fourth-order valence-corrected chi connectivity index (χ4v) is 3.19. The number of hydrogen-bond donors (Lipinski definition) is 4. The van der Waals surface area contributed by atoms with E-state index < -0.39 is 40.9 Å². The molecule has 1 aromatic heterocycles. The molecule has 3 rings (SSSR count). The standard InChI is InChI=1S/C15H18FN3O4.C2HF3O2/c16-9-5-11(12(20)18-7-9)13(21)19-8-10-6-15(14(22)23-10)1-3-17-4-2-15;3-2(4,5)1(6)7/h5,7,10,17H,1-4,6,8H2,(H,18,20)(H,19,21);(H,6,7). The van der Waals surface area contributed by atoms with E-state index in [1.807, 2.05) is 0 Å². The number of cyclic esters (lactones) is 1. The first-order valence-corrected chi connectivity index (χ1v) is 8.83. The molecule has 0 aromatic carbocycles. The fourth-order valence-electron chi connectivity index (χ4n) is 3.19. The molecule has 4 N–H and O–H groups in total. The minimum atomic E-state index is -5.08. The number of aromatic amines is 1. The number of carbonyl (C=O) groups excluding carboxylic acids is 2. The average molecular weight is 437 g/mol. The number of rotatable bonds is 3. The Morgan fingerprint density at radius 1 is 1.27 bits per heavy atom. The van der Waals surface area contributed by atoms with E-state index in [9.17, 15) is 31.9 Å². The number of aromatic nitrogens is 1. The number of amides is 1. The number of nitrogens with one attached hydrogen (secondary N) is 3. The maximum absolute atomic E-state index is 13.1. The molecule has 30 heavy (non-hydrogen) atoms. The van der Waals surface area contributed by atoms with Gasteiger partial charge in [-0.25, -0.2) is 9.18 Å². The monoisotopic (exact) mass is 437 g/mol. The zero-order valence-corrected chi connectivity index (χ0v) is 15.5. The number of halogens is 4. The quantitative estimate of drug-likeness (QED) is 0.401. The van der Waals surface area contributed by atoms with Gasteiger partial charge in [-0.2, -0.15) is 13.2 Å². The Balaban J connectivity index is 0.000000396. The van der Waals surface area contributed by atoms with Gasteiger partial charge in [-0.3, -0.25) is 14.4 Å². The molecule has 166 valence electrons. The number of carboxylic acid groups (broad SMARTS) is 1. The number of piperidine rings is 1. The summed E-state index contributed by atoms with van der Waals surface area (Å²) in [6.07, 6.45) is -2.62. The highest BCUT2D eigenvalue weighted by atomic mass is 19.4. The molecule has 1 amide bonds. The number of pyridine rings is 1. The molecule has 1 atom stereocenters.